The first-order valence-corrected chi connectivity index (χ1v) is 13.5. The van der Waals surface area contributed by atoms with Crippen LogP contribution in [0, 0.1) is 0 Å². The van der Waals surface area contributed by atoms with Crippen LogP contribution in [0.15, 0.2) is 66.7 Å². The highest BCUT2D eigenvalue weighted by Gasteiger charge is 2.14. The average Bonchev–Trinajstić information content (AvgIpc) is 2.92. The highest BCUT2D eigenvalue weighted by molar-refractivity contribution is 5.92. The fourth-order valence-electron chi connectivity index (χ4n) is 4.25. The van der Waals surface area contributed by atoms with Gasteiger partial charge in [-0.15, -0.1) is 0 Å². The molecule has 0 spiro atoms. The number of carboxylic acid groups (broad SMARTS) is 1. The lowest BCUT2D eigenvalue weighted by Gasteiger charge is -2.11. The van der Waals surface area contributed by atoms with Crippen molar-refractivity contribution in [1.29, 1.82) is 0 Å². The van der Waals surface area contributed by atoms with Crippen molar-refractivity contribution in [3.05, 3.63) is 89.0 Å². The number of aryl methyl sites for hydroxylation is 1. The Hall–Kier alpha value is -4.26. The van der Waals surface area contributed by atoms with Crippen LogP contribution in [0.1, 0.15) is 72.5 Å². The SMILES string of the molecule is CCCCCc1ccc(OC(=O)/C=C/c2ccc(OCCCCCc3c(N)cc(N)cc3C(=O)O)cc2)cc1. The second-order valence-corrected chi connectivity index (χ2v) is 9.53. The number of hydrogen-bond acceptors (Lipinski definition) is 6. The number of carbonyl (C=O) groups excluding carboxylic acids is 1. The predicted molar refractivity (Wildman–Crippen MR) is 156 cm³/mol. The summed E-state index contributed by atoms with van der Waals surface area (Å²) in [7, 11) is 0. The summed E-state index contributed by atoms with van der Waals surface area (Å²) in [4.78, 5) is 23.7. The smallest absolute Gasteiger partial charge is 0.336 e. The zero-order valence-corrected chi connectivity index (χ0v) is 22.5. The molecule has 0 bridgehead atoms. The van der Waals surface area contributed by atoms with Crippen molar-refractivity contribution in [2.75, 3.05) is 18.1 Å². The summed E-state index contributed by atoms with van der Waals surface area (Å²) in [6.45, 7) is 2.73. The lowest BCUT2D eigenvalue weighted by molar-refractivity contribution is -0.128. The topological polar surface area (TPSA) is 125 Å². The molecule has 0 unspecified atom stereocenters. The third-order valence-electron chi connectivity index (χ3n) is 6.38. The van der Waals surface area contributed by atoms with Crippen molar-refractivity contribution >= 4 is 29.4 Å². The van der Waals surface area contributed by atoms with Gasteiger partial charge >= 0.3 is 11.9 Å². The monoisotopic (exact) mass is 530 g/mol. The first kappa shape index (κ1) is 29.3. The number of unbranched alkanes of at least 4 members (excludes halogenated alkanes) is 4. The number of ether oxygens (including phenoxy) is 2. The average molecular weight is 531 g/mol. The first-order valence-electron chi connectivity index (χ1n) is 13.5. The van der Waals surface area contributed by atoms with E-state index in [2.05, 4.69) is 6.92 Å². The van der Waals surface area contributed by atoms with E-state index in [1.807, 2.05) is 48.5 Å². The lowest BCUT2D eigenvalue weighted by atomic mass is 9.98. The standard InChI is InChI=1S/C32H38N2O5/c1-2-3-5-8-23-12-17-27(18-13-23)39-31(35)19-14-24-10-15-26(16-11-24)38-20-7-4-6-9-28-29(32(36)37)21-25(33)22-30(28)34/h10-19,21-22H,2-9,20,33-34H2,1H3,(H,36,37)/b19-14+. The summed E-state index contributed by atoms with van der Waals surface area (Å²) >= 11 is 0. The molecule has 39 heavy (non-hydrogen) atoms. The molecule has 3 aromatic rings. The van der Waals surface area contributed by atoms with Gasteiger partial charge in [-0.25, -0.2) is 9.59 Å². The van der Waals surface area contributed by atoms with E-state index < -0.39 is 11.9 Å². The molecule has 0 aliphatic carbocycles. The molecular formula is C32H38N2O5. The number of carboxylic acids is 1. The van der Waals surface area contributed by atoms with Crippen molar-refractivity contribution in [1.82, 2.24) is 0 Å². The van der Waals surface area contributed by atoms with Gasteiger partial charge in [-0.1, -0.05) is 44.0 Å². The Morgan fingerprint density at radius 2 is 1.54 bits per heavy atom. The van der Waals surface area contributed by atoms with E-state index >= 15 is 0 Å². The Morgan fingerprint density at radius 3 is 2.23 bits per heavy atom. The number of aromatic carboxylic acids is 1. The normalized spacial score (nSPS) is 11.0. The van der Waals surface area contributed by atoms with Gasteiger partial charge in [0.1, 0.15) is 11.5 Å². The fraction of sp³-hybridized carbons (Fsp3) is 0.312. The van der Waals surface area contributed by atoms with E-state index in [0.717, 1.165) is 37.0 Å². The number of anilines is 2. The Kier molecular flexibility index (Phi) is 11.4. The summed E-state index contributed by atoms with van der Waals surface area (Å²) in [6, 6.07) is 18.2. The number of carbonyl (C=O) groups is 2. The number of nitrogens with two attached hydrogens (primary N) is 2. The van der Waals surface area contributed by atoms with Crippen LogP contribution in [0.25, 0.3) is 6.08 Å². The molecule has 0 aliphatic rings. The number of nitrogen functional groups attached to an aromatic ring is 2. The van der Waals surface area contributed by atoms with Crippen molar-refractivity contribution in [2.24, 2.45) is 0 Å². The summed E-state index contributed by atoms with van der Waals surface area (Å²) in [6.07, 6.45) is 10.8. The minimum Gasteiger partial charge on any atom is -0.494 e. The third-order valence-corrected chi connectivity index (χ3v) is 6.38. The van der Waals surface area contributed by atoms with Crippen LogP contribution in [-0.4, -0.2) is 23.7 Å². The summed E-state index contributed by atoms with van der Waals surface area (Å²) in [5, 5.41) is 9.40. The predicted octanol–water partition coefficient (Wildman–Crippen LogP) is 6.69. The second kappa shape index (κ2) is 15.2. The van der Waals surface area contributed by atoms with Gasteiger partial charge in [-0.05, 0) is 97.7 Å². The molecule has 5 N–H and O–H groups in total. The van der Waals surface area contributed by atoms with E-state index in [0.29, 0.717) is 35.7 Å². The van der Waals surface area contributed by atoms with Crippen LogP contribution in [0.5, 0.6) is 11.5 Å². The molecule has 0 heterocycles. The van der Waals surface area contributed by atoms with E-state index in [1.54, 1.807) is 12.1 Å². The Morgan fingerprint density at radius 1 is 0.846 bits per heavy atom. The number of benzene rings is 3. The minimum atomic E-state index is -1.02. The highest BCUT2D eigenvalue weighted by Crippen LogP contribution is 2.24. The van der Waals surface area contributed by atoms with Crippen molar-refractivity contribution < 1.29 is 24.2 Å². The summed E-state index contributed by atoms with van der Waals surface area (Å²) in [5.41, 5.74) is 15.4. The van der Waals surface area contributed by atoms with Crippen LogP contribution >= 0.6 is 0 Å². The van der Waals surface area contributed by atoms with Gasteiger partial charge in [-0.2, -0.15) is 0 Å². The second-order valence-electron chi connectivity index (χ2n) is 9.53. The molecule has 0 aromatic heterocycles. The van der Waals surface area contributed by atoms with Crippen molar-refractivity contribution in [2.45, 2.75) is 58.3 Å². The van der Waals surface area contributed by atoms with Crippen molar-refractivity contribution in [3.8, 4) is 11.5 Å². The van der Waals surface area contributed by atoms with Crippen LogP contribution in [0.4, 0.5) is 11.4 Å². The lowest BCUT2D eigenvalue weighted by Crippen LogP contribution is -2.08. The van der Waals surface area contributed by atoms with Gasteiger partial charge in [0.2, 0.25) is 0 Å². The molecule has 0 atom stereocenters. The third kappa shape index (κ3) is 9.85. The maximum atomic E-state index is 12.2. The fourth-order valence-corrected chi connectivity index (χ4v) is 4.25. The van der Waals surface area contributed by atoms with E-state index in [9.17, 15) is 14.7 Å². The van der Waals surface area contributed by atoms with Gasteiger partial charge in [0.15, 0.2) is 0 Å². The van der Waals surface area contributed by atoms with E-state index in [-0.39, 0.29) is 5.56 Å². The van der Waals surface area contributed by atoms with Gasteiger partial charge in [0.25, 0.3) is 0 Å². The molecule has 0 aliphatic heterocycles. The highest BCUT2D eigenvalue weighted by atomic mass is 16.5. The Labute approximate surface area is 230 Å². The van der Waals surface area contributed by atoms with Gasteiger partial charge in [0.05, 0.1) is 12.2 Å². The molecule has 206 valence electrons. The Bertz CT molecular complexity index is 1250. The van der Waals surface area contributed by atoms with Crippen LogP contribution in [-0.2, 0) is 17.6 Å². The van der Waals surface area contributed by atoms with Gasteiger partial charge < -0.3 is 26.0 Å². The molecule has 3 aromatic carbocycles. The number of esters is 1. The summed E-state index contributed by atoms with van der Waals surface area (Å²) in [5.74, 6) is -0.174. The molecule has 3 rings (SSSR count). The molecular weight excluding hydrogens is 492 g/mol. The molecule has 0 fully saturated rings. The van der Waals surface area contributed by atoms with Crippen LogP contribution in [0.2, 0.25) is 0 Å². The molecule has 0 radical (unpaired) electrons. The molecule has 7 heteroatoms. The van der Waals surface area contributed by atoms with E-state index in [4.69, 9.17) is 20.9 Å². The zero-order chi connectivity index (χ0) is 28.0. The summed E-state index contributed by atoms with van der Waals surface area (Å²) < 4.78 is 11.2. The number of rotatable bonds is 15. The molecule has 7 nitrogen and oxygen atoms in total. The minimum absolute atomic E-state index is 0.165. The molecule has 0 saturated heterocycles. The number of hydrogen-bond donors (Lipinski definition) is 3. The van der Waals surface area contributed by atoms with Gasteiger partial charge in [-0.3, -0.25) is 0 Å². The maximum absolute atomic E-state index is 12.2. The molecule has 0 saturated carbocycles. The van der Waals surface area contributed by atoms with Gasteiger partial charge in [0, 0.05) is 17.5 Å². The quantitative estimate of drug-likeness (QED) is 0.0657. The zero-order valence-electron chi connectivity index (χ0n) is 22.5. The maximum Gasteiger partial charge on any atom is 0.336 e. The van der Waals surface area contributed by atoms with Crippen molar-refractivity contribution in [3.63, 3.8) is 0 Å². The van der Waals surface area contributed by atoms with Crippen LogP contribution < -0.4 is 20.9 Å². The van der Waals surface area contributed by atoms with E-state index in [1.165, 1.54) is 37.0 Å². The molecule has 0 amide bonds. The van der Waals surface area contributed by atoms with Crippen LogP contribution in [0.3, 0.4) is 0 Å². The Balaban J connectivity index is 1.36. The first-order chi connectivity index (χ1) is 18.9. The largest absolute Gasteiger partial charge is 0.494 e.